The number of anilines is 3. The molecule has 0 aliphatic carbocycles. The summed E-state index contributed by atoms with van der Waals surface area (Å²) in [5.41, 5.74) is 1.89. The van der Waals surface area contributed by atoms with E-state index >= 15 is 0 Å². The van der Waals surface area contributed by atoms with E-state index in [0.29, 0.717) is 36.3 Å². The Morgan fingerprint density at radius 3 is 2.74 bits per heavy atom. The van der Waals surface area contributed by atoms with Gasteiger partial charge in [-0.05, 0) is 44.7 Å². The molecular weight excluding hydrogens is 388 g/mol. The molecule has 0 unspecified atom stereocenters. The molecule has 0 saturated carbocycles. The summed E-state index contributed by atoms with van der Waals surface area (Å²) >= 11 is 0. The van der Waals surface area contributed by atoms with E-state index in [4.69, 9.17) is 10.2 Å². The van der Waals surface area contributed by atoms with Crippen molar-refractivity contribution in [1.29, 1.82) is 5.26 Å². The Balaban J connectivity index is 1.39. The molecule has 1 aromatic carbocycles. The van der Waals surface area contributed by atoms with Gasteiger partial charge < -0.3 is 10.6 Å². The van der Waals surface area contributed by atoms with Crippen LogP contribution in [0.5, 0.6) is 0 Å². The third-order valence-electron chi connectivity index (χ3n) is 6.50. The largest absolute Gasteiger partial charge is 0.367 e. The summed E-state index contributed by atoms with van der Waals surface area (Å²) in [6, 6.07) is 13.8. The normalized spacial score (nSPS) is 23.4. The molecule has 5 rings (SSSR count). The molecule has 31 heavy (non-hydrogen) atoms. The minimum Gasteiger partial charge on any atom is -0.367 e. The minimum absolute atomic E-state index is 0.368. The van der Waals surface area contributed by atoms with Gasteiger partial charge in [-0.1, -0.05) is 18.6 Å². The summed E-state index contributed by atoms with van der Waals surface area (Å²) in [6.07, 6.45) is 6.51. The molecule has 3 N–H and O–H groups in total. The summed E-state index contributed by atoms with van der Waals surface area (Å²) in [6.45, 7) is 2.86. The lowest BCUT2D eigenvalue weighted by Gasteiger charge is -2.49. The smallest absolute Gasteiger partial charge is 0.230 e. The van der Waals surface area contributed by atoms with E-state index in [0.717, 1.165) is 41.8 Å². The molecule has 3 atom stereocenters. The number of nitrogens with one attached hydrogen (secondary N) is 3. The van der Waals surface area contributed by atoms with Gasteiger partial charge in [0.2, 0.25) is 5.95 Å². The van der Waals surface area contributed by atoms with Crippen LogP contribution in [0.1, 0.15) is 44.2 Å². The van der Waals surface area contributed by atoms with Crippen molar-refractivity contribution in [2.75, 3.05) is 17.2 Å². The Morgan fingerprint density at radius 2 is 2.00 bits per heavy atom. The van der Waals surface area contributed by atoms with Gasteiger partial charge in [-0.3, -0.25) is 10.00 Å². The van der Waals surface area contributed by atoms with E-state index in [1.807, 2.05) is 31.2 Å². The first-order valence-corrected chi connectivity index (χ1v) is 11.1. The van der Waals surface area contributed by atoms with Crippen molar-refractivity contribution in [2.45, 2.75) is 63.6 Å². The highest BCUT2D eigenvalue weighted by molar-refractivity contribution is 5.90. The maximum Gasteiger partial charge on any atom is 0.230 e. The molecule has 2 saturated heterocycles. The van der Waals surface area contributed by atoms with E-state index in [1.54, 1.807) is 0 Å². The minimum atomic E-state index is 0.368. The number of fused-ring (bicyclic) bond motifs is 3. The fourth-order valence-corrected chi connectivity index (χ4v) is 5.17. The molecule has 160 valence electrons. The van der Waals surface area contributed by atoms with Crippen LogP contribution in [0.4, 0.5) is 17.6 Å². The van der Waals surface area contributed by atoms with Crippen molar-refractivity contribution in [3.63, 3.8) is 0 Å². The molecule has 0 radical (unpaired) electrons. The number of aromatic nitrogens is 4. The quantitative estimate of drug-likeness (QED) is 0.555. The van der Waals surface area contributed by atoms with Gasteiger partial charge in [-0.2, -0.15) is 15.3 Å². The maximum absolute atomic E-state index is 9.03. The number of nitriles is 1. The Hall–Kier alpha value is -3.18. The second kappa shape index (κ2) is 8.52. The Morgan fingerprint density at radius 1 is 1.19 bits per heavy atom. The number of para-hydroxylation sites is 1. The summed E-state index contributed by atoms with van der Waals surface area (Å²) < 4.78 is 0. The number of aryl methyl sites for hydroxylation is 1. The average molecular weight is 417 g/mol. The van der Waals surface area contributed by atoms with Crippen LogP contribution in [0.3, 0.4) is 0 Å². The van der Waals surface area contributed by atoms with Crippen LogP contribution in [0.2, 0.25) is 0 Å². The van der Waals surface area contributed by atoms with E-state index < -0.39 is 0 Å². The number of hydrogen-bond acceptors (Lipinski definition) is 7. The Labute approximate surface area is 182 Å². The molecule has 4 heterocycles. The summed E-state index contributed by atoms with van der Waals surface area (Å²) in [7, 11) is 0. The van der Waals surface area contributed by atoms with Gasteiger partial charge >= 0.3 is 0 Å². The monoisotopic (exact) mass is 416 g/mol. The predicted octanol–water partition coefficient (Wildman–Crippen LogP) is 4.12. The first-order valence-electron chi connectivity index (χ1n) is 11.1. The lowest BCUT2D eigenvalue weighted by molar-refractivity contribution is 0.0370. The molecule has 3 aromatic rings. The molecule has 2 bridgehead atoms. The molecule has 8 heteroatoms. The predicted molar refractivity (Wildman–Crippen MR) is 121 cm³/mol. The SMILES string of the molecule is Cc1cc(Nc2nc(N[C@@H]3C[C@H]4CCC[C@@H](C3)N4CCC#N)c3ccccc3n2)n[nH]1. The maximum atomic E-state index is 9.03. The number of nitrogens with zero attached hydrogens (tertiary/aromatic N) is 5. The fraction of sp³-hybridized carbons (Fsp3) is 0.478. The van der Waals surface area contributed by atoms with E-state index in [-0.39, 0.29) is 0 Å². The second-order valence-electron chi connectivity index (χ2n) is 8.67. The molecule has 2 aliphatic heterocycles. The third-order valence-corrected chi connectivity index (χ3v) is 6.50. The van der Waals surface area contributed by atoms with Crippen LogP contribution < -0.4 is 10.6 Å². The number of hydrogen-bond donors (Lipinski definition) is 3. The van der Waals surface area contributed by atoms with Crippen molar-refractivity contribution in [2.24, 2.45) is 0 Å². The standard InChI is InChI=1S/C23H28N8/c1-15-12-21(30-29-15)27-23-26-20-9-3-2-8-19(20)22(28-23)25-16-13-17-6-4-7-18(14-16)31(17)11-5-10-24/h2-3,8-9,12,16-18H,4-7,11,13-14H2,1H3,(H3,25,26,27,28,29,30)/t16-,17-,18+. The zero-order valence-corrected chi connectivity index (χ0v) is 17.8. The first-order chi connectivity index (χ1) is 15.2. The van der Waals surface area contributed by atoms with Gasteiger partial charge in [0.05, 0.1) is 11.6 Å². The van der Waals surface area contributed by atoms with E-state index in [2.05, 4.69) is 42.9 Å². The first kappa shape index (κ1) is 19.8. The number of aromatic amines is 1. The van der Waals surface area contributed by atoms with Crippen LogP contribution in [0.25, 0.3) is 10.9 Å². The van der Waals surface area contributed by atoms with Crippen LogP contribution in [0, 0.1) is 18.3 Å². The molecule has 2 fully saturated rings. The van der Waals surface area contributed by atoms with Crippen molar-refractivity contribution in [3.05, 3.63) is 36.0 Å². The van der Waals surface area contributed by atoms with Gasteiger partial charge in [0.25, 0.3) is 0 Å². The van der Waals surface area contributed by atoms with Crippen LogP contribution in [-0.2, 0) is 0 Å². The molecule has 0 spiro atoms. The summed E-state index contributed by atoms with van der Waals surface area (Å²) in [5, 5.41) is 24.2. The van der Waals surface area contributed by atoms with Gasteiger partial charge in [-0.25, -0.2) is 4.98 Å². The molecule has 2 aromatic heterocycles. The van der Waals surface area contributed by atoms with Crippen molar-refractivity contribution in [1.82, 2.24) is 25.1 Å². The molecule has 8 nitrogen and oxygen atoms in total. The number of benzene rings is 1. The highest BCUT2D eigenvalue weighted by Crippen LogP contribution is 2.36. The van der Waals surface area contributed by atoms with Crippen molar-refractivity contribution < 1.29 is 0 Å². The van der Waals surface area contributed by atoms with E-state index in [1.165, 1.54) is 19.3 Å². The lowest BCUT2D eigenvalue weighted by atomic mass is 9.81. The van der Waals surface area contributed by atoms with Crippen LogP contribution >= 0.6 is 0 Å². The summed E-state index contributed by atoms with van der Waals surface area (Å²) in [5.74, 6) is 2.12. The van der Waals surface area contributed by atoms with Crippen molar-refractivity contribution in [3.8, 4) is 6.07 Å². The van der Waals surface area contributed by atoms with Crippen LogP contribution in [-0.4, -0.2) is 49.7 Å². The topological polar surface area (TPSA) is 106 Å². The Kier molecular flexibility index (Phi) is 5.43. The number of piperidine rings is 2. The molecule has 2 aliphatic rings. The highest BCUT2D eigenvalue weighted by Gasteiger charge is 2.38. The zero-order chi connectivity index (χ0) is 21.2. The van der Waals surface area contributed by atoms with E-state index in [9.17, 15) is 0 Å². The molecule has 0 amide bonds. The zero-order valence-electron chi connectivity index (χ0n) is 17.8. The van der Waals surface area contributed by atoms with Gasteiger partial charge in [0.1, 0.15) is 5.82 Å². The summed E-state index contributed by atoms with van der Waals surface area (Å²) in [4.78, 5) is 12.1. The second-order valence-corrected chi connectivity index (χ2v) is 8.67. The highest BCUT2D eigenvalue weighted by atomic mass is 15.2. The number of rotatable bonds is 6. The number of H-pyrrole nitrogens is 1. The van der Waals surface area contributed by atoms with Gasteiger partial charge in [-0.15, -0.1) is 0 Å². The third kappa shape index (κ3) is 4.19. The fourth-order valence-electron chi connectivity index (χ4n) is 5.17. The molecular formula is C23H28N8. The Bertz CT molecular complexity index is 1090. The van der Waals surface area contributed by atoms with Crippen LogP contribution in [0.15, 0.2) is 30.3 Å². The van der Waals surface area contributed by atoms with Gasteiger partial charge in [0, 0.05) is 48.2 Å². The average Bonchev–Trinajstić information content (AvgIpc) is 3.16. The van der Waals surface area contributed by atoms with Gasteiger partial charge in [0.15, 0.2) is 5.82 Å². The van der Waals surface area contributed by atoms with Crippen molar-refractivity contribution >= 4 is 28.5 Å². The lowest BCUT2D eigenvalue weighted by Crippen LogP contribution is -2.55.